The van der Waals surface area contributed by atoms with Crippen molar-refractivity contribution in [2.45, 2.75) is 6.92 Å². The standard InChI is InChI=1S/C14H12N2O/c1-11(17)13(14-7-3-5-9-16-14)10-12-6-2-4-8-15-12/h2-10H,1H3/b13-10-. The summed E-state index contributed by atoms with van der Waals surface area (Å²) < 4.78 is 0. The molecule has 0 aliphatic carbocycles. The Morgan fingerprint density at radius 3 is 2.29 bits per heavy atom. The summed E-state index contributed by atoms with van der Waals surface area (Å²) in [6.07, 6.45) is 5.12. The van der Waals surface area contributed by atoms with Gasteiger partial charge in [0.05, 0.1) is 11.4 Å². The Balaban J connectivity index is 2.44. The first-order valence-corrected chi connectivity index (χ1v) is 5.32. The molecule has 0 saturated carbocycles. The van der Waals surface area contributed by atoms with Gasteiger partial charge in [-0.1, -0.05) is 12.1 Å². The van der Waals surface area contributed by atoms with Gasteiger partial charge in [0.2, 0.25) is 0 Å². The third-order valence-corrected chi connectivity index (χ3v) is 2.30. The number of nitrogens with zero attached hydrogens (tertiary/aromatic N) is 2. The summed E-state index contributed by atoms with van der Waals surface area (Å²) in [4.78, 5) is 20.0. The van der Waals surface area contributed by atoms with E-state index in [4.69, 9.17) is 0 Å². The van der Waals surface area contributed by atoms with Gasteiger partial charge in [0.25, 0.3) is 0 Å². The van der Waals surface area contributed by atoms with Crippen LogP contribution in [0.2, 0.25) is 0 Å². The third kappa shape index (κ3) is 2.84. The van der Waals surface area contributed by atoms with E-state index in [2.05, 4.69) is 9.97 Å². The Kier molecular flexibility index (Phi) is 3.40. The molecule has 0 aliphatic heterocycles. The van der Waals surface area contributed by atoms with Crippen LogP contribution in [0, 0.1) is 0 Å². The molecule has 0 radical (unpaired) electrons. The number of aromatic nitrogens is 2. The molecule has 2 heterocycles. The summed E-state index contributed by atoms with van der Waals surface area (Å²) >= 11 is 0. The van der Waals surface area contributed by atoms with E-state index in [1.165, 1.54) is 6.92 Å². The average molecular weight is 224 g/mol. The van der Waals surface area contributed by atoms with Crippen LogP contribution in [0.15, 0.2) is 48.8 Å². The highest BCUT2D eigenvalue weighted by atomic mass is 16.1. The summed E-state index contributed by atoms with van der Waals surface area (Å²) in [5.74, 6) is -0.0191. The Labute approximate surface area is 99.9 Å². The predicted octanol–water partition coefficient (Wildman–Crippen LogP) is 2.61. The number of hydrogen-bond donors (Lipinski definition) is 0. The van der Waals surface area contributed by atoms with Gasteiger partial charge in [-0.3, -0.25) is 14.8 Å². The molecule has 0 bridgehead atoms. The number of carbonyl (C=O) groups is 1. The largest absolute Gasteiger partial charge is 0.294 e. The molecule has 17 heavy (non-hydrogen) atoms. The molecule has 84 valence electrons. The van der Waals surface area contributed by atoms with Crippen LogP contribution >= 0.6 is 0 Å². The number of rotatable bonds is 3. The Bertz CT molecular complexity index is 533. The van der Waals surface area contributed by atoms with Gasteiger partial charge in [0.15, 0.2) is 5.78 Å². The van der Waals surface area contributed by atoms with Crippen molar-refractivity contribution in [1.82, 2.24) is 9.97 Å². The van der Waals surface area contributed by atoms with Crippen molar-refractivity contribution in [2.24, 2.45) is 0 Å². The molecule has 3 nitrogen and oxygen atoms in total. The molecule has 0 fully saturated rings. The van der Waals surface area contributed by atoms with Crippen LogP contribution in [0.4, 0.5) is 0 Å². The molecule has 0 amide bonds. The van der Waals surface area contributed by atoms with Crippen LogP contribution in [-0.2, 0) is 4.79 Å². The lowest BCUT2D eigenvalue weighted by molar-refractivity contribution is -0.111. The molecule has 0 unspecified atom stereocenters. The zero-order valence-corrected chi connectivity index (χ0v) is 9.50. The van der Waals surface area contributed by atoms with Gasteiger partial charge >= 0.3 is 0 Å². The lowest BCUT2D eigenvalue weighted by atomic mass is 10.1. The van der Waals surface area contributed by atoms with Crippen LogP contribution in [-0.4, -0.2) is 15.8 Å². The molecule has 3 heteroatoms. The predicted molar refractivity (Wildman–Crippen MR) is 67.0 cm³/mol. The van der Waals surface area contributed by atoms with Crippen molar-refractivity contribution in [3.05, 3.63) is 60.2 Å². The van der Waals surface area contributed by atoms with Crippen molar-refractivity contribution in [1.29, 1.82) is 0 Å². The maximum atomic E-state index is 11.6. The summed E-state index contributed by atoms with van der Waals surface area (Å²) in [6.45, 7) is 1.53. The molecular formula is C14H12N2O. The maximum absolute atomic E-state index is 11.6. The van der Waals surface area contributed by atoms with E-state index in [1.54, 1.807) is 18.5 Å². The molecule has 0 saturated heterocycles. The number of ketones is 1. The fourth-order valence-electron chi connectivity index (χ4n) is 1.49. The minimum atomic E-state index is -0.0191. The second kappa shape index (κ2) is 5.16. The number of carbonyl (C=O) groups excluding carboxylic acids is 1. The topological polar surface area (TPSA) is 42.9 Å². The third-order valence-electron chi connectivity index (χ3n) is 2.30. The molecule has 2 aromatic heterocycles. The first-order chi connectivity index (χ1) is 8.27. The van der Waals surface area contributed by atoms with Gasteiger partial charge in [-0.05, 0) is 37.3 Å². The van der Waals surface area contributed by atoms with E-state index in [0.717, 1.165) is 5.69 Å². The molecular weight excluding hydrogens is 212 g/mol. The van der Waals surface area contributed by atoms with Gasteiger partial charge in [-0.15, -0.1) is 0 Å². The molecule has 0 atom stereocenters. The molecule has 0 spiro atoms. The first kappa shape index (κ1) is 11.2. The van der Waals surface area contributed by atoms with Crippen LogP contribution < -0.4 is 0 Å². The fourth-order valence-corrected chi connectivity index (χ4v) is 1.49. The van der Waals surface area contributed by atoms with Crippen molar-refractivity contribution < 1.29 is 4.79 Å². The number of pyridine rings is 2. The van der Waals surface area contributed by atoms with Crippen LogP contribution in [0.1, 0.15) is 18.3 Å². The average Bonchev–Trinajstić information content (AvgIpc) is 2.38. The lowest BCUT2D eigenvalue weighted by Gasteiger charge is -2.02. The van der Waals surface area contributed by atoms with Crippen molar-refractivity contribution >= 4 is 17.4 Å². The number of hydrogen-bond acceptors (Lipinski definition) is 3. The van der Waals surface area contributed by atoms with Crippen LogP contribution in [0.5, 0.6) is 0 Å². The highest BCUT2D eigenvalue weighted by Crippen LogP contribution is 2.15. The summed E-state index contributed by atoms with van der Waals surface area (Å²) in [6, 6.07) is 11.1. The molecule has 0 aromatic carbocycles. The Morgan fingerprint density at radius 2 is 1.76 bits per heavy atom. The van der Waals surface area contributed by atoms with Gasteiger partial charge in [0.1, 0.15) is 0 Å². The quantitative estimate of drug-likeness (QED) is 0.752. The van der Waals surface area contributed by atoms with Crippen LogP contribution in [0.25, 0.3) is 11.6 Å². The smallest absolute Gasteiger partial charge is 0.162 e. The van der Waals surface area contributed by atoms with Crippen molar-refractivity contribution in [3.63, 3.8) is 0 Å². The van der Waals surface area contributed by atoms with E-state index >= 15 is 0 Å². The normalized spacial score (nSPS) is 11.2. The zero-order valence-electron chi connectivity index (χ0n) is 9.50. The SMILES string of the molecule is CC(=O)/C(=C/c1ccccn1)c1ccccn1. The van der Waals surface area contributed by atoms with E-state index in [1.807, 2.05) is 36.4 Å². The lowest BCUT2D eigenvalue weighted by Crippen LogP contribution is -1.98. The Morgan fingerprint density at radius 1 is 1.06 bits per heavy atom. The fraction of sp³-hybridized carbons (Fsp3) is 0.0714. The minimum Gasteiger partial charge on any atom is -0.294 e. The first-order valence-electron chi connectivity index (χ1n) is 5.32. The van der Waals surface area contributed by atoms with E-state index in [0.29, 0.717) is 11.3 Å². The van der Waals surface area contributed by atoms with Crippen LogP contribution in [0.3, 0.4) is 0 Å². The summed E-state index contributed by atoms with van der Waals surface area (Å²) in [5, 5.41) is 0. The highest BCUT2D eigenvalue weighted by molar-refractivity contribution is 6.23. The Hall–Kier alpha value is -2.29. The molecule has 2 rings (SSSR count). The van der Waals surface area contributed by atoms with E-state index < -0.39 is 0 Å². The maximum Gasteiger partial charge on any atom is 0.162 e. The number of allylic oxidation sites excluding steroid dienone is 1. The van der Waals surface area contributed by atoms with E-state index in [-0.39, 0.29) is 5.78 Å². The molecule has 2 aromatic rings. The molecule has 0 aliphatic rings. The van der Waals surface area contributed by atoms with Gasteiger partial charge in [0, 0.05) is 18.0 Å². The zero-order chi connectivity index (χ0) is 12.1. The van der Waals surface area contributed by atoms with Crippen molar-refractivity contribution in [3.8, 4) is 0 Å². The monoisotopic (exact) mass is 224 g/mol. The van der Waals surface area contributed by atoms with E-state index in [9.17, 15) is 4.79 Å². The molecule has 0 N–H and O–H groups in total. The van der Waals surface area contributed by atoms with Gasteiger partial charge in [-0.25, -0.2) is 0 Å². The second-order valence-electron chi connectivity index (χ2n) is 3.58. The second-order valence-corrected chi connectivity index (χ2v) is 3.58. The summed E-state index contributed by atoms with van der Waals surface area (Å²) in [5.41, 5.74) is 2.00. The highest BCUT2D eigenvalue weighted by Gasteiger charge is 2.08. The van der Waals surface area contributed by atoms with Gasteiger partial charge < -0.3 is 0 Å². The minimum absolute atomic E-state index is 0.0191. The summed E-state index contributed by atoms with van der Waals surface area (Å²) in [7, 11) is 0. The van der Waals surface area contributed by atoms with Crippen molar-refractivity contribution in [2.75, 3.05) is 0 Å². The van der Waals surface area contributed by atoms with Gasteiger partial charge in [-0.2, -0.15) is 0 Å². The number of Topliss-reactive ketones (excluding diaryl/α,β-unsaturated/α-hetero) is 1.